The molecule has 0 aliphatic rings. The molecule has 0 saturated heterocycles. The highest BCUT2D eigenvalue weighted by Gasteiger charge is 2.28. The van der Waals surface area contributed by atoms with E-state index in [0.717, 1.165) is 5.69 Å². The maximum Gasteiger partial charge on any atom is 0.291 e. The molecule has 2 N–H and O–H groups in total. The Morgan fingerprint density at radius 2 is 2.17 bits per heavy atom. The van der Waals surface area contributed by atoms with Crippen LogP contribution in [0, 0.1) is 13.8 Å². The molecular weight excluding hydrogens is 298 g/mol. The molecule has 0 spiro atoms. The van der Waals surface area contributed by atoms with Crippen molar-refractivity contribution >= 4 is 11.7 Å². The van der Waals surface area contributed by atoms with Crippen LogP contribution in [0.1, 0.15) is 34.8 Å². The highest BCUT2D eigenvalue weighted by Crippen LogP contribution is 2.21. The van der Waals surface area contributed by atoms with Crippen molar-refractivity contribution in [3.63, 3.8) is 0 Å². The Labute approximate surface area is 132 Å². The Bertz CT molecular complexity index is 865. The number of fused-ring (bicyclic) bond motifs is 1. The Kier molecular flexibility index (Phi) is 3.61. The van der Waals surface area contributed by atoms with Gasteiger partial charge in [-0.15, -0.1) is 5.10 Å². The number of hydrogen-bond acceptors (Lipinski definition) is 6. The lowest BCUT2D eigenvalue weighted by atomic mass is 10.0. The zero-order valence-electron chi connectivity index (χ0n) is 13.1. The van der Waals surface area contributed by atoms with Crippen LogP contribution in [-0.2, 0) is 5.60 Å². The molecule has 3 heterocycles. The molecule has 0 saturated carbocycles. The van der Waals surface area contributed by atoms with Crippen molar-refractivity contribution in [1.29, 1.82) is 0 Å². The van der Waals surface area contributed by atoms with Crippen LogP contribution in [0.2, 0.25) is 0 Å². The maximum absolute atomic E-state index is 12.2. The summed E-state index contributed by atoms with van der Waals surface area (Å²) in [6, 6.07) is 5.20. The van der Waals surface area contributed by atoms with Crippen LogP contribution in [0.25, 0.3) is 5.78 Å². The van der Waals surface area contributed by atoms with Crippen LogP contribution in [-0.4, -0.2) is 37.1 Å². The van der Waals surface area contributed by atoms with Gasteiger partial charge in [-0.2, -0.15) is 4.98 Å². The van der Waals surface area contributed by atoms with E-state index in [1.54, 1.807) is 38.2 Å². The second-order valence-corrected chi connectivity index (χ2v) is 5.60. The predicted octanol–water partition coefficient (Wildman–Crippen LogP) is 0.972. The zero-order valence-corrected chi connectivity index (χ0v) is 13.1. The number of aryl methyl sites for hydroxylation is 2. The summed E-state index contributed by atoms with van der Waals surface area (Å²) in [6.07, 6.45) is 1.60. The van der Waals surface area contributed by atoms with Crippen LogP contribution in [0.4, 0.5) is 0 Å². The van der Waals surface area contributed by atoms with Gasteiger partial charge in [-0.25, -0.2) is 9.50 Å². The molecule has 0 bridgehead atoms. The predicted molar refractivity (Wildman–Crippen MR) is 80.9 cm³/mol. The second kappa shape index (κ2) is 5.47. The van der Waals surface area contributed by atoms with Gasteiger partial charge < -0.3 is 14.8 Å². The van der Waals surface area contributed by atoms with Gasteiger partial charge in [0.15, 0.2) is 0 Å². The topological polar surface area (TPSA) is 106 Å². The standard InChI is InChI=1S/C15H17N5O3/c1-9-6-7-16-14-18-12(19-20(9)14)13(21)17-8-15(3,22)11-5-4-10(2)23-11/h4-7,22H,8H2,1-3H3,(H,17,21)/t15-/m0/s1. The Morgan fingerprint density at radius 3 is 2.83 bits per heavy atom. The average molecular weight is 315 g/mol. The first kappa shape index (κ1) is 15.2. The van der Waals surface area contributed by atoms with E-state index in [1.165, 1.54) is 4.52 Å². The summed E-state index contributed by atoms with van der Waals surface area (Å²) in [4.78, 5) is 20.3. The van der Waals surface area contributed by atoms with Gasteiger partial charge in [-0.1, -0.05) is 0 Å². The highest BCUT2D eigenvalue weighted by atomic mass is 16.4. The Hall–Kier alpha value is -2.74. The summed E-state index contributed by atoms with van der Waals surface area (Å²) >= 11 is 0. The van der Waals surface area contributed by atoms with E-state index in [-0.39, 0.29) is 12.4 Å². The van der Waals surface area contributed by atoms with Crippen molar-refractivity contribution in [3.05, 3.63) is 47.4 Å². The number of carbonyl (C=O) groups excluding carboxylic acids is 1. The number of rotatable bonds is 4. The molecule has 0 radical (unpaired) electrons. The summed E-state index contributed by atoms with van der Waals surface area (Å²) in [5.74, 6) is 0.936. The molecule has 0 fully saturated rings. The van der Waals surface area contributed by atoms with Crippen LogP contribution < -0.4 is 5.32 Å². The van der Waals surface area contributed by atoms with Gasteiger partial charge in [0.05, 0.1) is 6.54 Å². The molecule has 23 heavy (non-hydrogen) atoms. The van der Waals surface area contributed by atoms with Crippen LogP contribution in [0.15, 0.2) is 28.8 Å². The summed E-state index contributed by atoms with van der Waals surface area (Å²) < 4.78 is 6.89. The van der Waals surface area contributed by atoms with Gasteiger partial charge in [-0.3, -0.25) is 4.79 Å². The molecule has 1 atom stereocenters. The molecule has 0 aromatic carbocycles. The molecular formula is C15H17N5O3. The third-order valence-electron chi connectivity index (χ3n) is 3.50. The van der Waals surface area contributed by atoms with E-state index in [9.17, 15) is 9.90 Å². The minimum Gasteiger partial charge on any atom is -0.463 e. The van der Waals surface area contributed by atoms with E-state index in [0.29, 0.717) is 17.3 Å². The number of aromatic nitrogens is 4. The van der Waals surface area contributed by atoms with Gasteiger partial charge in [-0.05, 0) is 39.0 Å². The average Bonchev–Trinajstić information content (AvgIpc) is 3.12. The van der Waals surface area contributed by atoms with Crippen molar-refractivity contribution in [3.8, 4) is 0 Å². The lowest BCUT2D eigenvalue weighted by molar-refractivity contribution is 0.0322. The number of furan rings is 1. The number of hydrogen-bond donors (Lipinski definition) is 2. The van der Waals surface area contributed by atoms with Crippen molar-refractivity contribution in [1.82, 2.24) is 24.9 Å². The molecule has 8 heteroatoms. The third-order valence-corrected chi connectivity index (χ3v) is 3.50. The SMILES string of the molecule is Cc1ccc([C@@](C)(O)CNC(=O)c2nc3nccc(C)n3n2)o1. The number of carbonyl (C=O) groups is 1. The fourth-order valence-electron chi connectivity index (χ4n) is 2.15. The van der Waals surface area contributed by atoms with Gasteiger partial charge in [0.2, 0.25) is 5.82 Å². The smallest absolute Gasteiger partial charge is 0.291 e. The maximum atomic E-state index is 12.2. The number of amides is 1. The molecule has 1 amide bonds. The van der Waals surface area contributed by atoms with E-state index in [4.69, 9.17) is 4.42 Å². The Morgan fingerprint density at radius 1 is 1.39 bits per heavy atom. The quantitative estimate of drug-likeness (QED) is 0.743. The van der Waals surface area contributed by atoms with E-state index < -0.39 is 11.5 Å². The molecule has 120 valence electrons. The van der Waals surface area contributed by atoms with Gasteiger partial charge in [0, 0.05) is 11.9 Å². The van der Waals surface area contributed by atoms with E-state index >= 15 is 0 Å². The van der Waals surface area contributed by atoms with Crippen molar-refractivity contribution in [2.75, 3.05) is 6.54 Å². The van der Waals surface area contributed by atoms with Gasteiger partial charge >= 0.3 is 0 Å². The van der Waals surface area contributed by atoms with E-state index in [1.807, 2.05) is 6.92 Å². The third kappa shape index (κ3) is 2.93. The molecule has 0 aliphatic carbocycles. The molecule has 3 aromatic rings. The van der Waals surface area contributed by atoms with Crippen molar-refractivity contribution in [2.24, 2.45) is 0 Å². The first-order valence-corrected chi connectivity index (χ1v) is 7.13. The zero-order chi connectivity index (χ0) is 16.6. The summed E-state index contributed by atoms with van der Waals surface area (Å²) in [7, 11) is 0. The summed E-state index contributed by atoms with van der Waals surface area (Å²) in [6.45, 7) is 5.16. The largest absolute Gasteiger partial charge is 0.463 e. The molecule has 8 nitrogen and oxygen atoms in total. The molecule has 0 aliphatic heterocycles. The fraction of sp³-hybridized carbons (Fsp3) is 0.333. The van der Waals surface area contributed by atoms with Crippen LogP contribution >= 0.6 is 0 Å². The minimum absolute atomic E-state index is 0.00164. The molecule has 0 unspecified atom stereocenters. The lowest BCUT2D eigenvalue weighted by Crippen LogP contribution is -2.38. The van der Waals surface area contributed by atoms with E-state index in [2.05, 4.69) is 20.4 Å². The molecule has 3 aromatic heterocycles. The fourth-order valence-corrected chi connectivity index (χ4v) is 2.15. The lowest BCUT2D eigenvalue weighted by Gasteiger charge is -2.20. The highest BCUT2D eigenvalue weighted by molar-refractivity contribution is 5.90. The van der Waals surface area contributed by atoms with Crippen molar-refractivity contribution in [2.45, 2.75) is 26.4 Å². The van der Waals surface area contributed by atoms with Gasteiger partial charge in [0.1, 0.15) is 17.1 Å². The van der Waals surface area contributed by atoms with Crippen molar-refractivity contribution < 1.29 is 14.3 Å². The molecule has 3 rings (SSSR count). The van der Waals surface area contributed by atoms with Crippen LogP contribution in [0.3, 0.4) is 0 Å². The first-order valence-electron chi connectivity index (χ1n) is 7.13. The van der Waals surface area contributed by atoms with Crippen LogP contribution in [0.5, 0.6) is 0 Å². The number of nitrogens with zero attached hydrogens (tertiary/aromatic N) is 4. The summed E-state index contributed by atoms with van der Waals surface area (Å²) in [5, 5.41) is 17.1. The second-order valence-electron chi connectivity index (χ2n) is 5.60. The minimum atomic E-state index is -1.32. The Balaban J connectivity index is 1.74. The first-order chi connectivity index (χ1) is 10.9. The number of aliphatic hydroxyl groups is 1. The van der Waals surface area contributed by atoms with Gasteiger partial charge in [0.25, 0.3) is 11.7 Å². The summed E-state index contributed by atoms with van der Waals surface area (Å²) in [5.41, 5.74) is -0.503. The number of nitrogens with one attached hydrogen (secondary N) is 1. The monoisotopic (exact) mass is 315 g/mol. The normalized spacial score (nSPS) is 13.9.